The molecule has 0 aliphatic rings. The molecule has 2 heterocycles. The van der Waals surface area contributed by atoms with Gasteiger partial charge in [0, 0.05) is 18.4 Å². The first-order valence-electron chi connectivity index (χ1n) is 7.90. The van der Waals surface area contributed by atoms with E-state index >= 15 is 0 Å². The van der Waals surface area contributed by atoms with Gasteiger partial charge in [0.05, 0.1) is 23.7 Å². The van der Waals surface area contributed by atoms with Crippen LogP contribution < -0.4 is 10.1 Å². The Morgan fingerprint density at radius 1 is 1.11 bits per heavy atom. The van der Waals surface area contributed by atoms with Crippen LogP contribution in [0.5, 0.6) is 5.75 Å². The summed E-state index contributed by atoms with van der Waals surface area (Å²) in [6.45, 7) is -1.44. The summed E-state index contributed by atoms with van der Waals surface area (Å²) in [5.74, 6) is 0.151. The number of alkyl halides is 5. The van der Waals surface area contributed by atoms with Crippen molar-refractivity contribution in [1.29, 1.82) is 0 Å². The lowest BCUT2D eigenvalue weighted by Gasteiger charge is -2.10. The predicted octanol–water partition coefficient (Wildman–Crippen LogP) is 4.55. The molecule has 0 aliphatic heterocycles. The molecule has 1 aromatic carbocycles. The number of hydrogen-bond donors (Lipinski definition) is 1. The number of anilines is 2. The summed E-state index contributed by atoms with van der Waals surface area (Å²) in [5.41, 5.74) is -0.459. The third kappa shape index (κ3) is 4.18. The summed E-state index contributed by atoms with van der Waals surface area (Å²) in [7, 11) is 1.41. The summed E-state index contributed by atoms with van der Waals surface area (Å²) >= 11 is 0. The second-order valence-electron chi connectivity index (χ2n) is 5.75. The van der Waals surface area contributed by atoms with E-state index in [0.717, 1.165) is 4.68 Å². The van der Waals surface area contributed by atoms with Crippen molar-refractivity contribution >= 4 is 11.5 Å². The number of halogens is 5. The largest absolute Gasteiger partial charge is 0.435 e. The Bertz CT molecular complexity index is 969. The van der Waals surface area contributed by atoms with Crippen molar-refractivity contribution in [1.82, 2.24) is 19.7 Å². The molecule has 11 heteroatoms. The Morgan fingerprint density at radius 2 is 1.79 bits per heavy atom. The number of aryl methyl sites for hydroxylation is 1. The Labute approximate surface area is 156 Å². The fourth-order valence-electron chi connectivity index (χ4n) is 2.53. The van der Waals surface area contributed by atoms with Gasteiger partial charge < -0.3 is 10.1 Å². The van der Waals surface area contributed by atoms with Crippen molar-refractivity contribution in [3.05, 3.63) is 48.0 Å². The van der Waals surface area contributed by atoms with Crippen molar-refractivity contribution in [2.45, 2.75) is 19.7 Å². The average Bonchev–Trinajstić information content (AvgIpc) is 2.92. The van der Waals surface area contributed by atoms with E-state index in [4.69, 9.17) is 0 Å². The van der Waals surface area contributed by atoms with E-state index in [1.165, 1.54) is 50.6 Å². The van der Waals surface area contributed by atoms with Crippen LogP contribution in [-0.4, -0.2) is 26.4 Å². The summed E-state index contributed by atoms with van der Waals surface area (Å²) in [6.07, 6.45) is -2.11. The highest BCUT2D eigenvalue weighted by Gasteiger charge is 2.39. The predicted molar refractivity (Wildman–Crippen MR) is 90.3 cm³/mol. The third-order valence-electron chi connectivity index (χ3n) is 3.85. The van der Waals surface area contributed by atoms with Crippen molar-refractivity contribution in [3.8, 4) is 17.0 Å². The van der Waals surface area contributed by atoms with Crippen LogP contribution in [0, 0.1) is 6.92 Å². The van der Waals surface area contributed by atoms with Gasteiger partial charge in [0.15, 0.2) is 5.69 Å². The first-order chi connectivity index (χ1) is 13.1. The Kier molecular flexibility index (Phi) is 5.16. The SMILES string of the molecule is Cc1c(-c2cncc(Nc3ccc(OC(F)F)cc3)n2)c(C(F)(F)F)nn1C. The molecule has 0 aliphatic carbocycles. The Balaban J connectivity index is 1.90. The van der Waals surface area contributed by atoms with Gasteiger partial charge in [0.1, 0.15) is 11.6 Å². The number of nitrogens with zero attached hydrogens (tertiary/aromatic N) is 4. The standard InChI is InChI=1S/C17H14F5N5O/c1-9-14(15(17(20,21)22)26-27(9)2)12-7-23-8-13(25-12)24-10-3-5-11(6-4-10)28-16(18)19/h3-8,16H,1-2H3,(H,24,25). The molecule has 2 aromatic heterocycles. The Hall–Kier alpha value is -3.24. The normalized spacial score (nSPS) is 11.7. The van der Waals surface area contributed by atoms with Crippen LogP contribution >= 0.6 is 0 Å². The molecule has 3 rings (SSSR count). The molecule has 0 fully saturated rings. The maximum atomic E-state index is 13.3. The quantitative estimate of drug-likeness (QED) is 0.638. The molecule has 0 radical (unpaired) electrons. The van der Waals surface area contributed by atoms with Crippen LogP contribution in [0.3, 0.4) is 0 Å². The highest BCUT2D eigenvalue weighted by atomic mass is 19.4. The van der Waals surface area contributed by atoms with E-state index in [-0.39, 0.29) is 28.5 Å². The first-order valence-corrected chi connectivity index (χ1v) is 7.90. The third-order valence-corrected chi connectivity index (χ3v) is 3.85. The van der Waals surface area contributed by atoms with Gasteiger partial charge in [-0.15, -0.1) is 0 Å². The lowest BCUT2D eigenvalue weighted by molar-refractivity contribution is -0.141. The van der Waals surface area contributed by atoms with Crippen LogP contribution in [0.1, 0.15) is 11.4 Å². The summed E-state index contributed by atoms with van der Waals surface area (Å²) in [6, 6.07) is 5.56. The van der Waals surface area contributed by atoms with Crippen LogP contribution in [0.2, 0.25) is 0 Å². The summed E-state index contributed by atoms with van der Waals surface area (Å²) < 4.78 is 69.6. The molecule has 0 saturated heterocycles. The molecule has 0 amide bonds. The summed E-state index contributed by atoms with van der Waals surface area (Å²) in [5, 5.41) is 6.39. The van der Waals surface area contributed by atoms with E-state index in [2.05, 4.69) is 25.1 Å². The highest BCUT2D eigenvalue weighted by Crippen LogP contribution is 2.37. The number of ether oxygens (including phenoxy) is 1. The zero-order valence-electron chi connectivity index (χ0n) is 14.6. The maximum absolute atomic E-state index is 13.3. The summed E-state index contributed by atoms with van der Waals surface area (Å²) in [4.78, 5) is 8.11. The maximum Gasteiger partial charge on any atom is 0.435 e. The van der Waals surface area contributed by atoms with Crippen molar-refractivity contribution in [2.75, 3.05) is 5.32 Å². The fraction of sp³-hybridized carbons (Fsp3) is 0.235. The van der Waals surface area contributed by atoms with E-state index in [9.17, 15) is 22.0 Å². The molecule has 0 saturated carbocycles. The second-order valence-corrected chi connectivity index (χ2v) is 5.75. The zero-order chi connectivity index (χ0) is 20.5. The van der Waals surface area contributed by atoms with Gasteiger partial charge in [-0.25, -0.2) is 4.98 Å². The van der Waals surface area contributed by atoms with E-state index in [0.29, 0.717) is 5.69 Å². The van der Waals surface area contributed by atoms with Crippen molar-refractivity contribution < 1.29 is 26.7 Å². The topological polar surface area (TPSA) is 64.9 Å². The second kappa shape index (κ2) is 7.41. The minimum atomic E-state index is -4.65. The monoisotopic (exact) mass is 399 g/mol. The van der Waals surface area contributed by atoms with Crippen LogP contribution in [0.4, 0.5) is 33.5 Å². The van der Waals surface area contributed by atoms with Crippen LogP contribution in [-0.2, 0) is 13.2 Å². The fourth-order valence-corrected chi connectivity index (χ4v) is 2.53. The number of benzene rings is 1. The molecule has 0 unspecified atom stereocenters. The highest BCUT2D eigenvalue weighted by molar-refractivity contribution is 5.67. The van der Waals surface area contributed by atoms with Gasteiger partial charge in [0.25, 0.3) is 0 Å². The first kappa shape index (κ1) is 19.5. The molecule has 1 N–H and O–H groups in total. The molecular weight excluding hydrogens is 385 g/mol. The molecule has 0 atom stereocenters. The van der Waals surface area contributed by atoms with Crippen molar-refractivity contribution in [3.63, 3.8) is 0 Å². The molecular formula is C17H14F5N5O. The molecule has 0 bridgehead atoms. The van der Waals surface area contributed by atoms with Gasteiger partial charge in [-0.05, 0) is 31.2 Å². The van der Waals surface area contributed by atoms with Gasteiger partial charge in [-0.3, -0.25) is 9.67 Å². The zero-order valence-corrected chi connectivity index (χ0v) is 14.6. The van der Waals surface area contributed by atoms with Gasteiger partial charge >= 0.3 is 12.8 Å². The van der Waals surface area contributed by atoms with Crippen LogP contribution in [0.15, 0.2) is 36.7 Å². The van der Waals surface area contributed by atoms with E-state index < -0.39 is 18.5 Å². The molecule has 148 valence electrons. The smallest absolute Gasteiger partial charge is 0.435 e. The lowest BCUT2D eigenvalue weighted by Crippen LogP contribution is -2.09. The van der Waals surface area contributed by atoms with Gasteiger partial charge in [-0.1, -0.05) is 0 Å². The lowest BCUT2D eigenvalue weighted by atomic mass is 10.1. The number of aromatic nitrogens is 4. The average molecular weight is 399 g/mol. The minimum Gasteiger partial charge on any atom is -0.435 e. The van der Waals surface area contributed by atoms with Crippen LogP contribution in [0.25, 0.3) is 11.3 Å². The molecule has 0 spiro atoms. The minimum absolute atomic E-state index is 0.000536. The van der Waals surface area contributed by atoms with E-state index in [1.54, 1.807) is 0 Å². The number of rotatable bonds is 5. The van der Waals surface area contributed by atoms with Gasteiger partial charge in [0.2, 0.25) is 0 Å². The molecule has 3 aromatic rings. The molecule has 6 nitrogen and oxygen atoms in total. The Morgan fingerprint density at radius 3 is 2.39 bits per heavy atom. The van der Waals surface area contributed by atoms with Crippen molar-refractivity contribution in [2.24, 2.45) is 7.05 Å². The van der Waals surface area contributed by atoms with Gasteiger partial charge in [-0.2, -0.15) is 27.1 Å². The van der Waals surface area contributed by atoms with E-state index in [1.807, 2.05) is 0 Å². The number of hydrogen-bond acceptors (Lipinski definition) is 5. The number of nitrogens with one attached hydrogen (secondary N) is 1. The molecule has 28 heavy (non-hydrogen) atoms.